The zero-order valence-corrected chi connectivity index (χ0v) is 24.8. The molecule has 0 unspecified atom stereocenters. The van der Waals surface area contributed by atoms with Gasteiger partial charge < -0.3 is 30.4 Å². The molecule has 0 saturated carbocycles. The number of likely N-dealkylation sites (N-methyl/N-ethyl adjacent to an activating group) is 1. The van der Waals surface area contributed by atoms with E-state index in [4.69, 9.17) is 15.2 Å². The van der Waals surface area contributed by atoms with Crippen molar-refractivity contribution in [3.63, 3.8) is 0 Å². The average molecular weight is 608 g/mol. The van der Waals surface area contributed by atoms with Crippen LogP contribution in [0.5, 0.6) is 11.5 Å². The van der Waals surface area contributed by atoms with Crippen LogP contribution >= 0.6 is 0 Å². The number of hydrogen-bond donors (Lipinski definition) is 3. The van der Waals surface area contributed by atoms with Crippen molar-refractivity contribution in [1.82, 2.24) is 14.9 Å². The Labute approximate surface area is 258 Å². The highest BCUT2D eigenvalue weighted by molar-refractivity contribution is 6.04. The van der Waals surface area contributed by atoms with Crippen molar-refractivity contribution >= 4 is 23.3 Å². The number of anilines is 2. The maximum atomic E-state index is 13.5. The van der Waals surface area contributed by atoms with Crippen LogP contribution in [0.4, 0.5) is 15.9 Å². The summed E-state index contributed by atoms with van der Waals surface area (Å²) in [6.07, 6.45) is 4.46. The molecule has 45 heavy (non-hydrogen) atoms. The lowest BCUT2D eigenvalue weighted by molar-refractivity contribution is -0.121. The van der Waals surface area contributed by atoms with Gasteiger partial charge in [0.2, 0.25) is 11.3 Å². The van der Waals surface area contributed by atoms with E-state index in [9.17, 15) is 18.8 Å². The van der Waals surface area contributed by atoms with E-state index in [-0.39, 0.29) is 23.6 Å². The topological polar surface area (TPSA) is 138 Å². The van der Waals surface area contributed by atoms with Gasteiger partial charge in [0.25, 0.3) is 5.91 Å². The molecule has 0 aliphatic rings. The van der Waals surface area contributed by atoms with Gasteiger partial charge in [-0.1, -0.05) is 30.3 Å². The highest BCUT2D eigenvalue weighted by atomic mass is 19.1. The lowest BCUT2D eigenvalue weighted by Gasteiger charge is -2.13. The third-order valence-electron chi connectivity index (χ3n) is 7.17. The van der Waals surface area contributed by atoms with Crippen molar-refractivity contribution in [2.24, 2.45) is 0 Å². The van der Waals surface area contributed by atoms with Gasteiger partial charge in [0.1, 0.15) is 23.7 Å². The van der Waals surface area contributed by atoms with Crippen molar-refractivity contribution in [2.45, 2.75) is 6.54 Å². The Morgan fingerprint density at radius 2 is 1.49 bits per heavy atom. The van der Waals surface area contributed by atoms with Gasteiger partial charge in [0.15, 0.2) is 11.5 Å². The Morgan fingerprint density at radius 3 is 2.16 bits per heavy atom. The molecule has 2 aromatic heterocycles. The largest absolute Gasteiger partial charge is 0.493 e. The number of halogens is 1. The number of amides is 2. The highest BCUT2D eigenvalue weighted by Gasteiger charge is 2.18. The Kier molecular flexibility index (Phi) is 8.89. The summed E-state index contributed by atoms with van der Waals surface area (Å²) in [7, 11) is 4.62. The quantitative estimate of drug-likeness (QED) is 0.215. The fourth-order valence-corrected chi connectivity index (χ4v) is 4.78. The molecule has 0 spiro atoms. The number of methoxy groups -OCH3 is 2. The second-order valence-electron chi connectivity index (χ2n) is 10.0. The number of benzene rings is 3. The van der Waals surface area contributed by atoms with Crippen molar-refractivity contribution in [1.29, 1.82) is 0 Å². The Balaban J connectivity index is 1.42. The van der Waals surface area contributed by atoms with Crippen LogP contribution in [0.15, 0.2) is 96.2 Å². The number of ether oxygens (including phenoxy) is 2. The minimum atomic E-state index is -0.668. The van der Waals surface area contributed by atoms with E-state index >= 15 is 0 Å². The number of carbonyl (C=O) groups excluding carboxylic acids is 2. The van der Waals surface area contributed by atoms with Crippen LogP contribution in [0.25, 0.3) is 33.4 Å². The van der Waals surface area contributed by atoms with Crippen molar-refractivity contribution in [3.8, 4) is 44.9 Å². The molecule has 0 fully saturated rings. The fraction of sp³-hybridized carbons (Fsp3) is 0.118. The van der Waals surface area contributed by atoms with Gasteiger partial charge in [-0.2, -0.15) is 0 Å². The second-order valence-corrected chi connectivity index (χ2v) is 10.0. The number of hydrogen-bond acceptors (Lipinski definition) is 7. The molecule has 2 amide bonds. The maximum absolute atomic E-state index is 13.5. The normalized spacial score (nSPS) is 10.7. The van der Waals surface area contributed by atoms with E-state index in [0.717, 1.165) is 16.7 Å². The first-order chi connectivity index (χ1) is 21.7. The summed E-state index contributed by atoms with van der Waals surface area (Å²) in [5.74, 6) is 0.0537. The third kappa shape index (κ3) is 6.67. The van der Waals surface area contributed by atoms with Crippen LogP contribution < -0.4 is 31.3 Å². The predicted molar refractivity (Wildman–Crippen MR) is 171 cm³/mol. The predicted octanol–water partition coefficient (Wildman–Crippen LogP) is 4.98. The summed E-state index contributed by atoms with van der Waals surface area (Å²) >= 11 is 0. The highest BCUT2D eigenvalue weighted by Crippen LogP contribution is 2.35. The first-order valence-corrected chi connectivity index (χ1v) is 13.8. The molecular weight excluding hydrogens is 577 g/mol. The van der Waals surface area contributed by atoms with E-state index in [1.54, 1.807) is 44.7 Å². The van der Waals surface area contributed by atoms with Gasteiger partial charge in [-0.25, -0.2) is 9.37 Å². The van der Waals surface area contributed by atoms with Crippen molar-refractivity contribution in [2.75, 3.05) is 32.3 Å². The molecule has 0 aliphatic heterocycles. The molecule has 2 heterocycles. The average Bonchev–Trinajstić information content (AvgIpc) is 3.06. The summed E-state index contributed by atoms with van der Waals surface area (Å²) in [5.41, 5.74) is 9.59. The Hall–Kier alpha value is -5.97. The van der Waals surface area contributed by atoms with Gasteiger partial charge in [-0.15, -0.1) is 0 Å². The van der Waals surface area contributed by atoms with E-state index in [0.29, 0.717) is 34.1 Å². The third-order valence-corrected chi connectivity index (χ3v) is 7.17. The summed E-state index contributed by atoms with van der Waals surface area (Å²) in [6, 6.07) is 19.7. The van der Waals surface area contributed by atoms with Crippen LogP contribution in [0.2, 0.25) is 0 Å². The number of aromatic nitrogens is 2. The smallest absolute Gasteiger partial charge is 0.261 e. The lowest BCUT2D eigenvalue weighted by atomic mass is 10.0. The standard InChI is InChI=1S/C34H30FN5O5/c1-37-31(41)19-40-17-27(21-4-9-24(35)10-5-21)32(42)28(18-40)34(43)39-25-11-6-20(7-12-25)26-14-23(16-38-33(26)36)22-8-13-29(44-2)30(15-22)45-3/h4-18H,19H2,1-3H3,(H2,36,38)(H,37,41)(H,39,43). The molecular formula is C34H30FN5O5. The fourth-order valence-electron chi connectivity index (χ4n) is 4.78. The zero-order valence-electron chi connectivity index (χ0n) is 24.8. The van der Waals surface area contributed by atoms with Crippen LogP contribution in [-0.4, -0.2) is 42.6 Å². The van der Waals surface area contributed by atoms with Gasteiger partial charge in [-0.3, -0.25) is 14.4 Å². The summed E-state index contributed by atoms with van der Waals surface area (Å²) in [5, 5.41) is 5.27. The molecule has 4 N–H and O–H groups in total. The van der Waals surface area contributed by atoms with Crippen LogP contribution in [0.3, 0.4) is 0 Å². The zero-order chi connectivity index (χ0) is 32.1. The number of nitrogens with one attached hydrogen (secondary N) is 2. The van der Waals surface area contributed by atoms with E-state index in [2.05, 4.69) is 15.6 Å². The van der Waals surface area contributed by atoms with Gasteiger partial charge in [0, 0.05) is 48.0 Å². The van der Waals surface area contributed by atoms with E-state index in [1.165, 1.54) is 48.3 Å². The lowest BCUT2D eigenvalue weighted by Crippen LogP contribution is -2.28. The minimum Gasteiger partial charge on any atom is -0.493 e. The van der Waals surface area contributed by atoms with Crippen molar-refractivity contribution < 1.29 is 23.5 Å². The number of nitrogen functional groups attached to an aromatic ring is 1. The number of nitrogens with zero attached hydrogens (tertiary/aromatic N) is 2. The Morgan fingerprint density at radius 1 is 0.844 bits per heavy atom. The number of pyridine rings is 2. The maximum Gasteiger partial charge on any atom is 0.261 e. The second kappa shape index (κ2) is 13.1. The molecule has 0 bridgehead atoms. The minimum absolute atomic E-state index is 0.127. The van der Waals surface area contributed by atoms with Crippen LogP contribution in [0.1, 0.15) is 10.4 Å². The van der Waals surface area contributed by atoms with Gasteiger partial charge >= 0.3 is 0 Å². The number of nitrogens with two attached hydrogens (primary N) is 1. The monoisotopic (exact) mass is 607 g/mol. The van der Waals surface area contributed by atoms with Gasteiger partial charge in [-0.05, 0) is 59.2 Å². The molecule has 0 saturated heterocycles. The summed E-state index contributed by atoms with van der Waals surface area (Å²) in [4.78, 5) is 43.2. The van der Waals surface area contributed by atoms with E-state index in [1.807, 2.05) is 24.3 Å². The van der Waals surface area contributed by atoms with E-state index < -0.39 is 17.2 Å². The molecule has 10 nitrogen and oxygen atoms in total. The molecule has 3 aromatic carbocycles. The molecule has 0 radical (unpaired) electrons. The molecule has 5 rings (SSSR count). The summed E-state index contributed by atoms with van der Waals surface area (Å²) < 4.78 is 25.7. The SMILES string of the molecule is CNC(=O)Cn1cc(C(=O)Nc2ccc(-c3cc(-c4ccc(OC)c(OC)c4)cnc3N)cc2)c(=O)c(-c2ccc(F)cc2)c1. The van der Waals surface area contributed by atoms with Crippen LogP contribution in [-0.2, 0) is 11.3 Å². The molecule has 0 aliphatic carbocycles. The Bertz CT molecular complexity index is 1940. The van der Waals surface area contributed by atoms with Crippen molar-refractivity contribution in [3.05, 3.63) is 113 Å². The number of carbonyl (C=O) groups is 2. The first kappa shape index (κ1) is 30.5. The molecule has 228 valence electrons. The molecule has 5 aromatic rings. The van der Waals surface area contributed by atoms with Crippen LogP contribution in [0, 0.1) is 5.82 Å². The first-order valence-electron chi connectivity index (χ1n) is 13.8. The van der Waals surface area contributed by atoms with Gasteiger partial charge in [0.05, 0.1) is 14.2 Å². The molecule has 0 atom stereocenters. The number of rotatable bonds is 9. The molecule has 11 heteroatoms. The summed E-state index contributed by atoms with van der Waals surface area (Å²) in [6.45, 7) is -0.127.